The van der Waals surface area contributed by atoms with Crippen molar-refractivity contribution in [3.05, 3.63) is 70.3 Å². The van der Waals surface area contributed by atoms with Crippen LogP contribution in [0.1, 0.15) is 23.1 Å². The highest BCUT2D eigenvalue weighted by molar-refractivity contribution is 5.89. The van der Waals surface area contributed by atoms with Crippen LogP contribution in [0.5, 0.6) is 5.75 Å². The molecule has 0 saturated carbocycles. The molecule has 0 saturated heterocycles. The first kappa shape index (κ1) is 17.7. The Kier molecular flexibility index (Phi) is 4.52. The quantitative estimate of drug-likeness (QED) is 0.496. The largest absolute Gasteiger partial charge is 0.486 e. The van der Waals surface area contributed by atoms with Crippen LogP contribution in [-0.4, -0.2) is 31.7 Å². The lowest BCUT2D eigenvalue weighted by Crippen LogP contribution is -2.20. The summed E-state index contributed by atoms with van der Waals surface area (Å²) in [6, 6.07) is 14.0. The van der Waals surface area contributed by atoms with Gasteiger partial charge in [-0.05, 0) is 43.3 Å². The molecule has 0 bridgehead atoms. The molecule has 0 N–H and O–H groups in total. The number of rotatable bonds is 5. The number of aromatic nitrogens is 4. The van der Waals surface area contributed by atoms with E-state index < -0.39 is 0 Å². The van der Waals surface area contributed by atoms with E-state index in [2.05, 4.69) is 10.2 Å². The van der Waals surface area contributed by atoms with Crippen molar-refractivity contribution in [2.75, 3.05) is 6.61 Å². The van der Waals surface area contributed by atoms with Gasteiger partial charge in [-0.2, -0.15) is 0 Å². The second-order valence-corrected chi connectivity index (χ2v) is 6.17. The van der Waals surface area contributed by atoms with Gasteiger partial charge in [-0.25, -0.2) is 4.79 Å². The van der Waals surface area contributed by atoms with Crippen LogP contribution in [0.4, 0.5) is 0 Å². The topological polar surface area (TPSA) is 87.7 Å². The van der Waals surface area contributed by atoms with Gasteiger partial charge < -0.3 is 9.47 Å². The molecular formula is C20H18N4O4. The van der Waals surface area contributed by atoms with E-state index in [0.29, 0.717) is 34.9 Å². The van der Waals surface area contributed by atoms with Crippen molar-refractivity contribution >= 4 is 22.6 Å². The maximum absolute atomic E-state index is 12.5. The van der Waals surface area contributed by atoms with Gasteiger partial charge in [-0.15, -0.1) is 10.2 Å². The zero-order valence-electron chi connectivity index (χ0n) is 15.5. The van der Waals surface area contributed by atoms with Crippen molar-refractivity contribution in [3.8, 4) is 5.75 Å². The third kappa shape index (κ3) is 2.98. The molecule has 0 aliphatic carbocycles. The predicted octanol–water partition coefficient (Wildman–Crippen LogP) is 2.34. The minimum Gasteiger partial charge on any atom is -0.486 e. The molecular weight excluding hydrogens is 360 g/mol. The van der Waals surface area contributed by atoms with Gasteiger partial charge in [0.1, 0.15) is 12.4 Å². The van der Waals surface area contributed by atoms with Gasteiger partial charge in [-0.3, -0.25) is 13.8 Å². The molecule has 8 heteroatoms. The average Bonchev–Trinajstić information content (AvgIpc) is 3.15. The van der Waals surface area contributed by atoms with E-state index in [1.54, 1.807) is 44.3 Å². The van der Waals surface area contributed by atoms with E-state index in [4.69, 9.17) is 9.47 Å². The lowest BCUT2D eigenvalue weighted by atomic mass is 10.2. The number of benzene rings is 2. The zero-order chi connectivity index (χ0) is 19.7. The van der Waals surface area contributed by atoms with E-state index in [9.17, 15) is 9.59 Å². The molecule has 142 valence electrons. The summed E-state index contributed by atoms with van der Waals surface area (Å²) in [5.41, 5.74) is 1.06. The number of hydrogen-bond donors (Lipinski definition) is 0. The highest BCUT2D eigenvalue weighted by atomic mass is 16.5. The number of hydrogen-bond acceptors (Lipinski definition) is 6. The third-order valence-corrected chi connectivity index (χ3v) is 4.43. The molecule has 0 atom stereocenters. The molecule has 0 amide bonds. The number of ether oxygens (including phenoxy) is 2. The molecule has 8 nitrogen and oxygen atoms in total. The second-order valence-electron chi connectivity index (χ2n) is 6.17. The van der Waals surface area contributed by atoms with Crippen molar-refractivity contribution in [2.45, 2.75) is 13.5 Å². The second kappa shape index (κ2) is 7.15. The van der Waals surface area contributed by atoms with Crippen LogP contribution in [0.25, 0.3) is 16.7 Å². The summed E-state index contributed by atoms with van der Waals surface area (Å²) in [6.45, 7) is 2.24. The van der Waals surface area contributed by atoms with Gasteiger partial charge in [0.15, 0.2) is 5.82 Å². The summed E-state index contributed by atoms with van der Waals surface area (Å²) in [4.78, 5) is 24.2. The molecule has 2 aromatic heterocycles. The number of carbonyl (C=O) groups is 1. The van der Waals surface area contributed by atoms with Gasteiger partial charge in [0.2, 0.25) is 5.78 Å². The molecule has 0 unspecified atom stereocenters. The van der Waals surface area contributed by atoms with Crippen LogP contribution in [-0.2, 0) is 18.4 Å². The fraction of sp³-hybridized carbons (Fsp3) is 0.200. The Morgan fingerprint density at radius 3 is 2.57 bits per heavy atom. The SMILES string of the molecule is CCOC(=O)c1ccc(OCc2nnc3n(C)c(=O)c4ccccc4n23)cc1. The number of fused-ring (bicyclic) bond motifs is 3. The maximum Gasteiger partial charge on any atom is 0.338 e. The molecule has 4 rings (SSSR count). The summed E-state index contributed by atoms with van der Waals surface area (Å²) in [6.07, 6.45) is 0. The molecule has 2 heterocycles. The van der Waals surface area contributed by atoms with E-state index in [-0.39, 0.29) is 18.1 Å². The Morgan fingerprint density at radius 1 is 1.07 bits per heavy atom. The van der Waals surface area contributed by atoms with Gasteiger partial charge in [0, 0.05) is 7.05 Å². The van der Waals surface area contributed by atoms with Gasteiger partial charge in [0.05, 0.1) is 23.1 Å². The van der Waals surface area contributed by atoms with Crippen LogP contribution >= 0.6 is 0 Å². The fourth-order valence-corrected chi connectivity index (χ4v) is 3.04. The Labute approximate surface area is 160 Å². The van der Waals surface area contributed by atoms with Crippen molar-refractivity contribution in [3.63, 3.8) is 0 Å². The first-order valence-electron chi connectivity index (χ1n) is 8.82. The Hall–Kier alpha value is -3.68. The van der Waals surface area contributed by atoms with Crippen LogP contribution in [0, 0.1) is 0 Å². The molecule has 2 aromatic carbocycles. The smallest absolute Gasteiger partial charge is 0.338 e. The lowest BCUT2D eigenvalue weighted by Gasteiger charge is -2.09. The van der Waals surface area contributed by atoms with Crippen molar-refractivity contribution in [2.24, 2.45) is 7.05 Å². The van der Waals surface area contributed by atoms with E-state index in [1.165, 1.54) is 4.57 Å². The van der Waals surface area contributed by atoms with Crippen LogP contribution in [0.15, 0.2) is 53.3 Å². The maximum atomic E-state index is 12.5. The Balaban J connectivity index is 1.64. The fourth-order valence-electron chi connectivity index (χ4n) is 3.04. The minimum absolute atomic E-state index is 0.127. The van der Waals surface area contributed by atoms with Crippen LogP contribution in [0.3, 0.4) is 0 Å². The highest BCUT2D eigenvalue weighted by Crippen LogP contribution is 2.17. The van der Waals surface area contributed by atoms with Crippen molar-refractivity contribution in [1.29, 1.82) is 0 Å². The normalized spacial score (nSPS) is 11.1. The van der Waals surface area contributed by atoms with Gasteiger partial charge in [-0.1, -0.05) is 12.1 Å². The Morgan fingerprint density at radius 2 is 1.82 bits per heavy atom. The van der Waals surface area contributed by atoms with E-state index in [0.717, 1.165) is 5.52 Å². The molecule has 28 heavy (non-hydrogen) atoms. The molecule has 0 aliphatic heterocycles. The monoisotopic (exact) mass is 378 g/mol. The third-order valence-electron chi connectivity index (χ3n) is 4.43. The standard InChI is InChI=1S/C20H18N4O4/c1-3-27-19(26)13-8-10-14(11-9-13)28-12-17-21-22-20-23(2)18(25)15-6-4-5-7-16(15)24(17)20/h4-11H,3,12H2,1-2H3. The zero-order valence-corrected chi connectivity index (χ0v) is 15.5. The average molecular weight is 378 g/mol. The first-order chi connectivity index (χ1) is 13.6. The van der Waals surface area contributed by atoms with Gasteiger partial charge >= 0.3 is 5.97 Å². The Bertz CT molecular complexity index is 1220. The summed E-state index contributed by atoms with van der Waals surface area (Å²) in [7, 11) is 1.66. The molecule has 0 spiro atoms. The summed E-state index contributed by atoms with van der Waals surface area (Å²) in [5, 5.41) is 8.90. The van der Waals surface area contributed by atoms with Gasteiger partial charge in [0.25, 0.3) is 5.56 Å². The van der Waals surface area contributed by atoms with Crippen molar-refractivity contribution in [1.82, 2.24) is 19.2 Å². The predicted molar refractivity (Wildman–Crippen MR) is 102 cm³/mol. The number of para-hydroxylation sites is 1. The first-order valence-corrected chi connectivity index (χ1v) is 8.82. The number of carbonyl (C=O) groups excluding carboxylic acids is 1. The number of aryl methyl sites for hydroxylation is 1. The summed E-state index contributed by atoms with van der Waals surface area (Å²) in [5.74, 6) is 1.22. The number of esters is 1. The van der Waals surface area contributed by atoms with Crippen molar-refractivity contribution < 1.29 is 14.3 Å². The van der Waals surface area contributed by atoms with Crippen LogP contribution in [0.2, 0.25) is 0 Å². The van der Waals surface area contributed by atoms with E-state index >= 15 is 0 Å². The molecule has 0 fully saturated rings. The summed E-state index contributed by atoms with van der Waals surface area (Å²) >= 11 is 0. The highest BCUT2D eigenvalue weighted by Gasteiger charge is 2.15. The molecule has 4 aromatic rings. The molecule has 0 radical (unpaired) electrons. The minimum atomic E-state index is -0.370. The summed E-state index contributed by atoms with van der Waals surface area (Å²) < 4.78 is 14.1. The number of nitrogens with zero attached hydrogens (tertiary/aromatic N) is 4. The van der Waals surface area contributed by atoms with Crippen LogP contribution < -0.4 is 10.3 Å². The lowest BCUT2D eigenvalue weighted by molar-refractivity contribution is 0.0526. The molecule has 0 aliphatic rings. The van der Waals surface area contributed by atoms with E-state index in [1.807, 2.05) is 22.6 Å².